The van der Waals surface area contributed by atoms with Crippen molar-refractivity contribution >= 4 is 5.91 Å². The fraction of sp³-hybridized carbons (Fsp3) is 0.364. The number of amides is 1. The highest BCUT2D eigenvalue weighted by Crippen LogP contribution is 2.09. The summed E-state index contributed by atoms with van der Waals surface area (Å²) in [4.78, 5) is 11.6. The second-order valence-electron chi connectivity index (χ2n) is 3.36. The fourth-order valence-electron chi connectivity index (χ4n) is 1.24. The molecule has 82 valence electrons. The van der Waals surface area contributed by atoms with Crippen LogP contribution in [0, 0.1) is 12.7 Å². The van der Waals surface area contributed by atoms with Crippen LogP contribution in [0.4, 0.5) is 4.39 Å². The Hall–Kier alpha value is -1.42. The topological polar surface area (TPSA) is 55.1 Å². The maximum Gasteiger partial charge on any atom is 0.251 e. The summed E-state index contributed by atoms with van der Waals surface area (Å²) in [5.74, 6) is -0.648. The minimum atomic E-state index is -0.399. The zero-order valence-corrected chi connectivity index (χ0v) is 8.72. The van der Waals surface area contributed by atoms with Crippen molar-refractivity contribution in [1.82, 2.24) is 5.32 Å². The van der Waals surface area contributed by atoms with E-state index in [9.17, 15) is 9.18 Å². The molecule has 4 heteroatoms. The smallest absolute Gasteiger partial charge is 0.251 e. The number of halogens is 1. The molecule has 1 aromatic rings. The molecule has 0 spiro atoms. The van der Waals surface area contributed by atoms with Gasteiger partial charge in [-0.25, -0.2) is 4.39 Å². The summed E-state index contributed by atoms with van der Waals surface area (Å²) >= 11 is 0. The SMILES string of the molecule is Cc1ccc(F)cc1C(=O)NCCCN. The van der Waals surface area contributed by atoms with Crippen molar-refractivity contribution in [2.45, 2.75) is 13.3 Å². The van der Waals surface area contributed by atoms with Gasteiger partial charge in [-0.15, -0.1) is 0 Å². The second-order valence-corrected chi connectivity index (χ2v) is 3.36. The fourth-order valence-corrected chi connectivity index (χ4v) is 1.24. The van der Waals surface area contributed by atoms with Crippen molar-refractivity contribution in [3.63, 3.8) is 0 Å². The van der Waals surface area contributed by atoms with Crippen LogP contribution in [-0.4, -0.2) is 19.0 Å². The Bertz CT molecular complexity index is 352. The molecular weight excluding hydrogens is 195 g/mol. The van der Waals surface area contributed by atoms with Crippen LogP contribution >= 0.6 is 0 Å². The van der Waals surface area contributed by atoms with Crippen LogP contribution in [0.1, 0.15) is 22.3 Å². The number of rotatable bonds is 4. The van der Waals surface area contributed by atoms with Gasteiger partial charge in [-0.3, -0.25) is 4.79 Å². The van der Waals surface area contributed by atoms with Crippen molar-refractivity contribution in [1.29, 1.82) is 0 Å². The average Bonchev–Trinajstić information content (AvgIpc) is 2.22. The molecule has 0 aliphatic carbocycles. The van der Waals surface area contributed by atoms with Crippen molar-refractivity contribution in [2.75, 3.05) is 13.1 Å². The van der Waals surface area contributed by atoms with Gasteiger partial charge in [-0.1, -0.05) is 6.07 Å². The number of aryl methyl sites for hydroxylation is 1. The lowest BCUT2D eigenvalue weighted by atomic mass is 10.1. The Kier molecular flexibility index (Phi) is 4.24. The number of hydrogen-bond acceptors (Lipinski definition) is 2. The van der Waals surface area contributed by atoms with E-state index in [1.165, 1.54) is 12.1 Å². The molecule has 0 aliphatic rings. The average molecular weight is 210 g/mol. The molecule has 0 saturated heterocycles. The van der Waals surface area contributed by atoms with Crippen molar-refractivity contribution in [3.05, 3.63) is 35.1 Å². The molecule has 0 bridgehead atoms. The van der Waals surface area contributed by atoms with Crippen LogP contribution in [0.25, 0.3) is 0 Å². The summed E-state index contributed by atoms with van der Waals surface area (Å²) in [6.45, 7) is 2.82. The summed E-state index contributed by atoms with van der Waals surface area (Å²) in [6.07, 6.45) is 0.722. The highest BCUT2D eigenvalue weighted by Gasteiger charge is 2.08. The van der Waals surface area contributed by atoms with E-state index in [-0.39, 0.29) is 5.91 Å². The monoisotopic (exact) mass is 210 g/mol. The van der Waals surface area contributed by atoms with Gasteiger partial charge in [-0.2, -0.15) is 0 Å². The molecule has 0 unspecified atom stereocenters. The molecule has 1 aromatic carbocycles. The van der Waals surface area contributed by atoms with Gasteiger partial charge in [0.15, 0.2) is 0 Å². The van der Waals surface area contributed by atoms with Crippen LogP contribution < -0.4 is 11.1 Å². The summed E-state index contributed by atoms with van der Waals surface area (Å²) in [5, 5.41) is 2.68. The lowest BCUT2D eigenvalue weighted by Gasteiger charge is -2.06. The van der Waals surface area contributed by atoms with Gasteiger partial charge >= 0.3 is 0 Å². The van der Waals surface area contributed by atoms with Crippen LogP contribution in [-0.2, 0) is 0 Å². The Balaban J connectivity index is 2.68. The molecular formula is C11H15FN2O. The van der Waals surface area contributed by atoms with E-state index >= 15 is 0 Å². The normalized spacial score (nSPS) is 10.1. The summed E-state index contributed by atoms with van der Waals surface area (Å²) in [5.41, 5.74) is 6.44. The summed E-state index contributed by atoms with van der Waals surface area (Å²) < 4.78 is 12.9. The Morgan fingerprint density at radius 1 is 1.53 bits per heavy atom. The zero-order valence-electron chi connectivity index (χ0n) is 8.72. The highest BCUT2D eigenvalue weighted by atomic mass is 19.1. The molecule has 0 heterocycles. The first kappa shape index (κ1) is 11.7. The molecule has 0 saturated carbocycles. The molecule has 0 atom stereocenters. The second kappa shape index (κ2) is 5.46. The quantitative estimate of drug-likeness (QED) is 0.734. The van der Waals surface area contributed by atoms with Crippen LogP contribution in [0.3, 0.4) is 0 Å². The molecule has 1 amide bonds. The largest absolute Gasteiger partial charge is 0.352 e. The van der Waals surface area contributed by atoms with E-state index < -0.39 is 5.82 Å². The molecule has 0 aromatic heterocycles. The third-order valence-corrected chi connectivity index (χ3v) is 2.11. The van der Waals surface area contributed by atoms with Crippen molar-refractivity contribution in [3.8, 4) is 0 Å². The van der Waals surface area contributed by atoms with E-state index in [1.54, 1.807) is 13.0 Å². The minimum Gasteiger partial charge on any atom is -0.352 e. The zero-order chi connectivity index (χ0) is 11.3. The summed E-state index contributed by atoms with van der Waals surface area (Å²) in [6, 6.07) is 4.17. The number of nitrogens with two attached hydrogens (primary N) is 1. The first-order valence-corrected chi connectivity index (χ1v) is 4.89. The number of carbonyl (C=O) groups is 1. The standard InChI is InChI=1S/C11H15FN2O/c1-8-3-4-9(12)7-10(8)11(15)14-6-2-5-13/h3-4,7H,2,5-6,13H2,1H3,(H,14,15). The van der Waals surface area contributed by atoms with Crippen LogP contribution in [0.15, 0.2) is 18.2 Å². The molecule has 0 aliphatic heterocycles. The maximum atomic E-state index is 12.9. The van der Waals surface area contributed by atoms with Gasteiger partial charge in [0.1, 0.15) is 5.82 Å². The van der Waals surface area contributed by atoms with Gasteiger partial charge in [-0.05, 0) is 37.6 Å². The number of nitrogens with one attached hydrogen (secondary N) is 1. The molecule has 1 rings (SSSR count). The first-order valence-electron chi connectivity index (χ1n) is 4.89. The summed E-state index contributed by atoms with van der Waals surface area (Å²) in [7, 11) is 0. The minimum absolute atomic E-state index is 0.250. The lowest BCUT2D eigenvalue weighted by Crippen LogP contribution is -2.26. The van der Waals surface area contributed by atoms with E-state index in [1.807, 2.05) is 0 Å². The van der Waals surface area contributed by atoms with Crippen molar-refractivity contribution in [2.24, 2.45) is 5.73 Å². The number of hydrogen-bond donors (Lipinski definition) is 2. The van der Waals surface area contributed by atoms with Crippen LogP contribution in [0.5, 0.6) is 0 Å². The van der Waals surface area contributed by atoms with Crippen LogP contribution in [0.2, 0.25) is 0 Å². The van der Waals surface area contributed by atoms with E-state index in [2.05, 4.69) is 5.32 Å². The third-order valence-electron chi connectivity index (χ3n) is 2.11. The van der Waals surface area contributed by atoms with Gasteiger partial charge in [0.2, 0.25) is 0 Å². The number of carbonyl (C=O) groups excluding carboxylic acids is 1. The van der Waals surface area contributed by atoms with Crippen molar-refractivity contribution < 1.29 is 9.18 Å². The van der Waals surface area contributed by atoms with E-state index in [0.29, 0.717) is 18.7 Å². The Labute approximate surface area is 88.5 Å². The van der Waals surface area contributed by atoms with Gasteiger partial charge in [0.05, 0.1) is 0 Å². The molecule has 15 heavy (non-hydrogen) atoms. The third kappa shape index (κ3) is 3.32. The molecule has 0 radical (unpaired) electrons. The van der Waals surface area contributed by atoms with Gasteiger partial charge < -0.3 is 11.1 Å². The van der Waals surface area contributed by atoms with E-state index in [4.69, 9.17) is 5.73 Å². The maximum absolute atomic E-state index is 12.9. The molecule has 3 N–H and O–H groups in total. The van der Waals surface area contributed by atoms with Gasteiger partial charge in [0, 0.05) is 12.1 Å². The predicted octanol–water partition coefficient (Wildman–Crippen LogP) is 1.21. The van der Waals surface area contributed by atoms with Gasteiger partial charge in [0.25, 0.3) is 5.91 Å². The predicted molar refractivity (Wildman–Crippen MR) is 57.1 cm³/mol. The first-order chi connectivity index (χ1) is 7.15. The van der Waals surface area contributed by atoms with E-state index in [0.717, 1.165) is 12.0 Å². The Morgan fingerprint density at radius 2 is 2.27 bits per heavy atom. The lowest BCUT2D eigenvalue weighted by molar-refractivity contribution is 0.0952. The highest BCUT2D eigenvalue weighted by molar-refractivity contribution is 5.95. The number of benzene rings is 1. The Morgan fingerprint density at radius 3 is 2.93 bits per heavy atom. The molecule has 0 fully saturated rings. The molecule has 3 nitrogen and oxygen atoms in total.